The van der Waals surface area contributed by atoms with E-state index in [4.69, 9.17) is 15.2 Å². The molecule has 0 aliphatic heterocycles. The molecule has 1 fully saturated rings. The quantitative estimate of drug-likeness (QED) is 0.620. The molecule has 1 saturated carbocycles. The lowest BCUT2D eigenvalue weighted by atomic mass is 9.62. The molecule has 1 aliphatic rings. The van der Waals surface area contributed by atoms with Crippen molar-refractivity contribution in [2.45, 2.75) is 45.6 Å². The SMILES string of the molecule is COC(=O)c1cc(C(=O)NC(C(N)=O)C2(C)CCC(C)(C(=O)OC)CC2)n2nccc2n1. The Kier molecular flexibility index (Phi) is 6.20. The van der Waals surface area contributed by atoms with E-state index in [1.807, 2.05) is 13.8 Å². The standard InChI is InChI=1S/C21H27N5O6/c1-20(6-8-21(2,9-7-20)19(30)32-4)15(16(22)27)25-17(28)13-11-12(18(29)31-3)24-14-5-10-23-26(13)14/h5,10-11,15H,6-9H2,1-4H3,(H2,22,27)(H,25,28). The number of hydrogen-bond donors (Lipinski definition) is 2. The van der Waals surface area contributed by atoms with E-state index in [2.05, 4.69) is 15.4 Å². The Morgan fingerprint density at radius 1 is 1.12 bits per heavy atom. The van der Waals surface area contributed by atoms with Crippen molar-refractivity contribution in [3.05, 3.63) is 29.7 Å². The van der Waals surface area contributed by atoms with Gasteiger partial charge >= 0.3 is 11.9 Å². The summed E-state index contributed by atoms with van der Waals surface area (Å²) in [5.41, 5.74) is 4.55. The number of primary amides is 1. The van der Waals surface area contributed by atoms with Crippen LogP contribution in [0, 0.1) is 10.8 Å². The molecule has 11 heteroatoms. The van der Waals surface area contributed by atoms with Gasteiger partial charge in [-0.1, -0.05) is 6.92 Å². The molecule has 0 bridgehead atoms. The lowest BCUT2D eigenvalue weighted by Crippen LogP contribution is -2.56. The van der Waals surface area contributed by atoms with Crippen molar-refractivity contribution in [2.75, 3.05) is 14.2 Å². The predicted molar refractivity (Wildman–Crippen MR) is 111 cm³/mol. The van der Waals surface area contributed by atoms with Gasteiger partial charge in [0.25, 0.3) is 5.91 Å². The van der Waals surface area contributed by atoms with Crippen molar-refractivity contribution in [2.24, 2.45) is 16.6 Å². The van der Waals surface area contributed by atoms with Crippen molar-refractivity contribution in [3.8, 4) is 0 Å². The zero-order valence-electron chi connectivity index (χ0n) is 18.5. The Labute approximate surface area is 184 Å². The van der Waals surface area contributed by atoms with Crippen LogP contribution >= 0.6 is 0 Å². The zero-order chi connectivity index (χ0) is 23.7. The summed E-state index contributed by atoms with van der Waals surface area (Å²) in [6, 6.07) is 1.78. The van der Waals surface area contributed by atoms with Gasteiger partial charge in [-0.3, -0.25) is 14.4 Å². The third kappa shape index (κ3) is 4.14. The van der Waals surface area contributed by atoms with Crippen molar-refractivity contribution in [1.82, 2.24) is 19.9 Å². The number of esters is 2. The number of aromatic nitrogens is 3. The molecule has 2 heterocycles. The van der Waals surface area contributed by atoms with Gasteiger partial charge in [0.1, 0.15) is 11.7 Å². The molecule has 1 aliphatic carbocycles. The highest BCUT2D eigenvalue weighted by Crippen LogP contribution is 2.47. The predicted octanol–water partition coefficient (Wildman–Crippen LogP) is 0.859. The third-order valence-corrected chi connectivity index (χ3v) is 6.42. The van der Waals surface area contributed by atoms with Crippen molar-refractivity contribution < 1.29 is 28.7 Å². The fourth-order valence-electron chi connectivity index (χ4n) is 4.19. The van der Waals surface area contributed by atoms with Gasteiger partial charge in [0, 0.05) is 12.1 Å². The van der Waals surface area contributed by atoms with Crippen LogP contribution in [0.25, 0.3) is 5.65 Å². The van der Waals surface area contributed by atoms with E-state index >= 15 is 0 Å². The molecule has 2 aromatic rings. The van der Waals surface area contributed by atoms with Crippen LogP contribution in [-0.4, -0.2) is 58.6 Å². The Morgan fingerprint density at radius 3 is 2.34 bits per heavy atom. The first kappa shape index (κ1) is 23.2. The smallest absolute Gasteiger partial charge is 0.356 e. The van der Waals surface area contributed by atoms with E-state index in [0.717, 1.165) is 0 Å². The normalized spacial score (nSPS) is 23.9. The van der Waals surface area contributed by atoms with Gasteiger partial charge < -0.3 is 20.5 Å². The number of nitrogens with two attached hydrogens (primary N) is 1. The molecule has 2 amide bonds. The first-order valence-electron chi connectivity index (χ1n) is 10.2. The Hall–Kier alpha value is -3.50. The summed E-state index contributed by atoms with van der Waals surface area (Å²) in [6.45, 7) is 3.69. The molecule has 11 nitrogen and oxygen atoms in total. The summed E-state index contributed by atoms with van der Waals surface area (Å²) in [5, 5.41) is 6.78. The zero-order valence-corrected chi connectivity index (χ0v) is 18.5. The molecule has 0 spiro atoms. The van der Waals surface area contributed by atoms with Gasteiger partial charge in [0.2, 0.25) is 5.91 Å². The van der Waals surface area contributed by atoms with Gasteiger partial charge in [-0.25, -0.2) is 14.3 Å². The molecule has 1 atom stereocenters. The second-order valence-corrected chi connectivity index (χ2v) is 8.63. The number of carbonyl (C=O) groups is 4. The first-order valence-corrected chi connectivity index (χ1v) is 10.2. The van der Waals surface area contributed by atoms with Gasteiger partial charge in [0.05, 0.1) is 25.8 Å². The number of ether oxygens (including phenoxy) is 2. The van der Waals surface area contributed by atoms with Crippen LogP contribution in [0.2, 0.25) is 0 Å². The molecule has 2 aromatic heterocycles. The average molecular weight is 445 g/mol. The van der Waals surface area contributed by atoms with Crippen LogP contribution in [0.3, 0.4) is 0 Å². The summed E-state index contributed by atoms with van der Waals surface area (Å²) >= 11 is 0. The number of nitrogens with one attached hydrogen (secondary N) is 1. The van der Waals surface area contributed by atoms with Crippen LogP contribution in [0.15, 0.2) is 18.3 Å². The van der Waals surface area contributed by atoms with E-state index in [0.29, 0.717) is 25.7 Å². The van der Waals surface area contributed by atoms with Crippen molar-refractivity contribution in [3.63, 3.8) is 0 Å². The number of rotatable bonds is 6. The largest absolute Gasteiger partial charge is 0.469 e. The fourth-order valence-corrected chi connectivity index (χ4v) is 4.19. The summed E-state index contributed by atoms with van der Waals surface area (Å²) in [7, 11) is 2.56. The molecule has 0 aromatic carbocycles. The van der Waals surface area contributed by atoms with Gasteiger partial charge in [0.15, 0.2) is 11.3 Å². The summed E-state index contributed by atoms with van der Waals surface area (Å²) < 4.78 is 10.9. The molecule has 3 rings (SSSR count). The molecule has 0 radical (unpaired) electrons. The van der Waals surface area contributed by atoms with Gasteiger partial charge in [-0.05, 0) is 38.0 Å². The van der Waals surface area contributed by atoms with E-state index in [9.17, 15) is 19.2 Å². The number of hydrogen-bond acceptors (Lipinski definition) is 8. The molecule has 172 valence electrons. The monoisotopic (exact) mass is 445 g/mol. The number of methoxy groups -OCH3 is 2. The van der Waals surface area contributed by atoms with Crippen molar-refractivity contribution >= 4 is 29.4 Å². The van der Waals surface area contributed by atoms with E-state index in [1.165, 1.54) is 37.1 Å². The van der Waals surface area contributed by atoms with Gasteiger partial charge in [-0.15, -0.1) is 0 Å². The summed E-state index contributed by atoms with van der Waals surface area (Å²) in [4.78, 5) is 53.8. The number of amides is 2. The molecule has 32 heavy (non-hydrogen) atoms. The first-order chi connectivity index (χ1) is 15.0. The molecular weight excluding hydrogens is 418 g/mol. The highest BCUT2D eigenvalue weighted by molar-refractivity contribution is 5.99. The lowest BCUT2D eigenvalue weighted by molar-refractivity contribution is -0.155. The van der Waals surface area contributed by atoms with E-state index in [1.54, 1.807) is 0 Å². The maximum Gasteiger partial charge on any atom is 0.356 e. The number of carbonyl (C=O) groups excluding carboxylic acids is 4. The van der Waals surface area contributed by atoms with Crippen molar-refractivity contribution in [1.29, 1.82) is 0 Å². The second kappa shape index (κ2) is 8.56. The minimum atomic E-state index is -1.00. The fraction of sp³-hybridized carbons (Fsp3) is 0.524. The average Bonchev–Trinajstić information content (AvgIpc) is 3.26. The van der Waals surface area contributed by atoms with E-state index in [-0.39, 0.29) is 23.0 Å². The summed E-state index contributed by atoms with van der Waals surface area (Å²) in [5.74, 6) is -2.35. The third-order valence-electron chi connectivity index (χ3n) is 6.42. The minimum Gasteiger partial charge on any atom is -0.469 e. The van der Waals surface area contributed by atoms with E-state index < -0.39 is 34.7 Å². The van der Waals surface area contributed by atoms with Crippen LogP contribution in [0.1, 0.15) is 60.5 Å². The van der Waals surface area contributed by atoms with Crippen LogP contribution in [0.5, 0.6) is 0 Å². The second-order valence-electron chi connectivity index (χ2n) is 8.63. The molecule has 1 unspecified atom stereocenters. The Balaban J connectivity index is 1.88. The Bertz CT molecular complexity index is 1070. The molecule has 3 N–H and O–H groups in total. The van der Waals surface area contributed by atoms with Crippen LogP contribution < -0.4 is 11.1 Å². The topological polar surface area (TPSA) is 155 Å². The molecule has 0 saturated heterocycles. The highest BCUT2D eigenvalue weighted by atomic mass is 16.5. The highest BCUT2D eigenvalue weighted by Gasteiger charge is 2.48. The summed E-state index contributed by atoms with van der Waals surface area (Å²) in [6.07, 6.45) is 3.37. The minimum absolute atomic E-state index is 0.00505. The number of nitrogens with zero attached hydrogens (tertiary/aromatic N) is 3. The molecular formula is C21H27N5O6. The van der Waals surface area contributed by atoms with Crippen LogP contribution in [0.4, 0.5) is 0 Å². The van der Waals surface area contributed by atoms with Crippen LogP contribution in [-0.2, 0) is 19.1 Å². The lowest BCUT2D eigenvalue weighted by Gasteiger charge is -2.44. The van der Waals surface area contributed by atoms with Gasteiger partial charge in [-0.2, -0.15) is 5.10 Å². The maximum absolute atomic E-state index is 13.2. The number of fused-ring (bicyclic) bond motifs is 1. The maximum atomic E-state index is 13.2. The Morgan fingerprint density at radius 2 is 1.78 bits per heavy atom.